The van der Waals surface area contributed by atoms with Gasteiger partial charge in [0.15, 0.2) is 5.69 Å². The van der Waals surface area contributed by atoms with Gasteiger partial charge in [0.05, 0.1) is 7.11 Å². The summed E-state index contributed by atoms with van der Waals surface area (Å²) in [5.41, 5.74) is 3.19. The molecule has 5 heteroatoms. The summed E-state index contributed by atoms with van der Waals surface area (Å²) in [6, 6.07) is 8.93. The van der Waals surface area contributed by atoms with Crippen molar-refractivity contribution in [2.75, 3.05) is 12.4 Å². The number of hydrogen-bond donors (Lipinski definition) is 1. The second kappa shape index (κ2) is 5.48. The molecule has 2 rings (SSSR count). The molecule has 1 amide bonds. The predicted octanol–water partition coefficient (Wildman–Crippen LogP) is 2.35. The first-order valence-corrected chi connectivity index (χ1v) is 5.87. The Morgan fingerprint density at radius 2 is 1.95 bits per heavy atom. The van der Waals surface area contributed by atoms with Gasteiger partial charge in [-0.15, -0.1) is 10.2 Å². The highest BCUT2D eigenvalue weighted by molar-refractivity contribution is 6.03. The summed E-state index contributed by atoms with van der Waals surface area (Å²) >= 11 is 0. The summed E-state index contributed by atoms with van der Waals surface area (Å²) in [6.45, 7) is 3.96. The molecule has 0 aliphatic carbocycles. The molecule has 5 nitrogen and oxygen atoms in total. The van der Waals surface area contributed by atoms with Gasteiger partial charge in [-0.1, -0.05) is 12.1 Å². The largest absolute Gasteiger partial charge is 0.480 e. The van der Waals surface area contributed by atoms with E-state index in [9.17, 15) is 4.79 Å². The first kappa shape index (κ1) is 13.0. The van der Waals surface area contributed by atoms with Gasteiger partial charge in [-0.25, -0.2) is 0 Å². The Morgan fingerprint density at radius 1 is 1.16 bits per heavy atom. The summed E-state index contributed by atoms with van der Waals surface area (Å²) in [4.78, 5) is 12.0. The topological polar surface area (TPSA) is 64.1 Å². The van der Waals surface area contributed by atoms with E-state index in [0.29, 0.717) is 5.88 Å². The molecule has 1 heterocycles. The molecule has 0 aliphatic rings. The van der Waals surface area contributed by atoms with Gasteiger partial charge in [0.1, 0.15) is 0 Å². The highest BCUT2D eigenvalue weighted by Gasteiger charge is 2.10. The van der Waals surface area contributed by atoms with Crippen molar-refractivity contribution in [2.45, 2.75) is 13.8 Å². The first-order valence-electron chi connectivity index (χ1n) is 5.87. The molecule has 0 saturated carbocycles. The fourth-order valence-electron chi connectivity index (χ4n) is 1.62. The van der Waals surface area contributed by atoms with Gasteiger partial charge in [-0.05, 0) is 37.1 Å². The van der Waals surface area contributed by atoms with E-state index in [2.05, 4.69) is 15.5 Å². The number of hydrogen-bond acceptors (Lipinski definition) is 4. The van der Waals surface area contributed by atoms with Crippen LogP contribution in [0.1, 0.15) is 21.6 Å². The third-order valence-corrected chi connectivity index (χ3v) is 2.93. The van der Waals surface area contributed by atoms with Crippen molar-refractivity contribution >= 4 is 11.6 Å². The van der Waals surface area contributed by atoms with Crippen LogP contribution in [-0.2, 0) is 0 Å². The van der Waals surface area contributed by atoms with Crippen molar-refractivity contribution in [3.05, 3.63) is 47.2 Å². The van der Waals surface area contributed by atoms with Gasteiger partial charge in [-0.3, -0.25) is 4.79 Å². The number of nitrogens with zero attached hydrogens (tertiary/aromatic N) is 2. The Labute approximate surface area is 111 Å². The summed E-state index contributed by atoms with van der Waals surface area (Å²) in [5.74, 6) is 0.0899. The monoisotopic (exact) mass is 257 g/mol. The van der Waals surface area contributed by atoms with Crippen LogP contribution in [0.4, 0.5) is 5.69 Å². The molecule has 0 radical (unpaired) electrons. The standard InChI is InChI=1S/C14H15N3O2/c1-9-5-4-6-11(10(9)2)15-14(18)12-7-8-13(19-3)17-16-12/h4-8H,1-3H3,(H,15,18). The van der Waals surface area contributed by atoms with Gasteiger partial charge in [0.2, 0.25) is 5.88 Å². The van der Waals surface area contributed by atoms with Crippen molar-refractivity contribution in [1.82, 2.24) is 10.2 Å². The fourth-order valence-corrected chi connectivity index (χ4v) is 1.62. The lowest BCUT2D eigenvalue weighted by atomic mass is 10.1. The second-order valence-corrected chi connectivity index (χ2v) is 4.16. The van der Waals surface area contributed by atoms with Crippen LogP contribution in [-0.4, -0.2) is 23.2 Å². The SMILES string of the molecule is COc1ccc(C(=O)Nc2cccc(C)c2C)nn1. The molecule has 2 aromatic rings. The smallest absolute Gasteiger partial charge is 0.276 e. The molecule has 0 unspecified atom stereocenters. The van der Waals surface area contributed by atoms with Crippen molar-refractivity contribution in [1.29, 1.82) is 0 Å². The number of aryl methyl sites for hydroxylation is 1. The van der Waals surface area contributed by atoms with Crippen LogP contribution in [0.5, 0.6) is 5.88 Å². The van der Waals surface area contributed by atoms with Crippen LogP contribution >= 0.6 is 0 Å². The minimum absolute atomic E-state index is 0.252. The minimum Gasteiger partial charge on any atom is -0.480 e. The van der Waals surface area contributed by atoms with Crippen LogP contribution in [0.15, 0.2) is 30.3 Å². The first-order chi connectivity index (χ1) is 9.11. The van der Waals surface area contributed by atoms with Gasteiger partial charge in [0.25, 0.3) is 5.91 Å². The third kappa shape index (κ3) is 2.88. The van der Waals surface area contributed by atoms with Crippen LogP contribution in [0.25, 0.3) is 0 Å². The van der Waals surface area contributed by atoms with E-state index in [0.717, 1.165) is 16.8 Å². The molecule has 1 aromatic heterocycles. The Balaban J connectivity index is 2.18. The lowest BCUT2D eigenvalue weighted by Gasteiger charge is -2.09. The van der Waals surface area contributed by atoms with Gasteiger partial charge in [-0.2, -0.15) is 0 Å². The molecule has 19 heavy (non-hydrogen) atoms. The Hall–Kier alpha value is -2.43. The number of anilines is 1. The van der Waals surface area contributed by atoms with E-state index < -0.39 is 0 Å². The number of aromatic nitrogens is 2. The van der Waals surface area contributed by atoms with Crippen LogP contribution in [0.2, 0.25) is 0 Å². The maximum absolute atomic E-state index is 12.0. The molecule has 98 valence electrons. The minimum atomic E-state index is -0.288. The van der Waals surface area contributed by atoms with E-state index in [4.69, 9.17) is 4.74 Å². The van der Waals surface area contributed by atoms with Crippen LogP contribution < -0.4 is 10.1 Å². The van der Waals surface area contributed by atoms with E-state index in [1.807, 2.05) is 32.0 Å². The molecule has 1 aromatic carbocycles. The molecule has 0 atom stereocenters. The molecule has 0 spiro atoms. The molecular formula is C14H15N3O2. The predicted molar refractivity (Wildman–Crippen MR) is 72.5 cm³/mol. The number of carbonyl (C=O) groups excluding carboxylic acids is 1. The summed E-state index contributed by atoms with van der Waals surface area (Å²) in [6.07, 6.45) is 0. The summed E-state index contributed by atoms with van der Waals surface area (Å²) in [5, 5.41) is 10.4. The second-order valence-electron chi connectivity index (χ2n) is 4.16. The van der Waals surface area contributed by atoms with Crippen molar-refractivity contribution in [3.63, 3.8) is 0 Å². The van der Waals surface area contributed by atoms with E-state index >= 15 is 0 Å². The lowest BCUT2D eigenvalue weighted by Crippen LogP contribution is -2.15. The number of methoxy groups -OCH3 is 1. The number of benzene rings is 1. The molecule has 0 fully saturated rings. The molecular weight excluding hydrogens is 242 g/mol. The number of carbonyl (C=O) groups is 1. The lowest BCUT2D eigenvalue weighted by molar-refractivity contribution is 0.102. The average Bonchev–Trinajstić information content (AvgIpc) is 2.44. The maximum atomic E-state index is 12.0. The average molecular weight is 257 g/mol. The van der Waals surface area contributed by atoms with Crippen molar-refractivity contribution in [3.8, 4) is 5.88 Å². The van der Waals surface area contributed by atoms with Crippen molar-refractivity contribution < 1.29 is 9.53 Å². The summed E-state index contributed by atoms with van der Waals surface area (Å²) in [7, 11) is 1.50. The highest BCUT2D eigenvalue weighted by atomic mass is 16.5. The van der Waals surface area contributed by atoms with Gasteiger partial charge < -0.3 is 10.1 Å². The number of ether oxygens (including phenoxy) is 1. The molecule has 0 saturated heterocycles. The zero-order chi connectivity index (χ0) is 13.8. The molecule has 1 N–H and O–H groups in total. The molecule has 0 aliphatic heterocycles. The number of nitrogens with one attached hydrogen (secondary N) is 1. The Bertz CT molecular complexity index is 594. The van der Waals surface area contributed by atoms with Gasteiger partial charge in [0, 0.05) is 11.8 Å². The third-order valence-electron chi connectivity index (χ3n) is 2.93. The molecule has 0 bridgehead atoms. The number of amides is 1. The highest BCUT2D eigenvalue weighted by Crippen LogP contribution is 2.18. The van der Waals surface area contributed by atoms with Crippen molar-refractivity contribution in [2.24, 2.45) is 0 Å². The normalized spacial score (nSPS) is 10.1. The van der Waals surface area contributed by atoms with Crippen LogP contribution in [0, 0.1) is 13.8 Å². The van der Waals surface area contributed by atoms with E-state index in [-0.39, 0.29) is 11.6 Å². The zero-order valence-corrected chi connectivity index (χ0v) is 11.1. The number of rotatable bonds is 3. The summed E-state index contributed by atoms with van der Waals surface area (Å²) < 4.78 is 4.90. The fraction of sp³-hybridized carbons (Fsp3) is 0.214. The Kier molecular flexibility index (Phi) is 3.75. The van der Waals surface area contributed by atoms with E-state index in [1.165, 1.54) is 7.11 Å². The zero-order valence-electron chi connectivity index (χ0n) is 11.1. The van der Waals surface area contributed by atoms with Crippen LogP contribution in [0.3, 0.4) is 0 Å². The Morgan fingerprint density at radius 3 is 2.58 bits per heavy atom. The van der Waals surface area contributed by atoms with E-state index in [1.54, 1.807) is 12.1 Å². The van der Waals surface area contributed by atoms with Gasteiger partial charge >= 0.3 is 0 Å². The quantitative estimate of drug-likeness (QED) is 0.916. The maximum Gasteiger partial charge on any atom is 0.276 e.